The lowest BCUT2D eigenvalue weighted by atomic mass is 9.96. The van der Waals surface area contributed by atoms with E-state index in [0.29, 0.717) is 13.2 Å². The molecule has 0 radical (unpaired) electrons. The minimum Gasteiger partial charge on any atom is -0.462 e. The van der Waals surface area contributed by atoms with Gasteiger partial charge < -0.3 is 19.3 Å². The molecule has 0 aromatic carbocycles. The van der Waals surface area contributed by atoms with Gasteiger partial charge in [0.1, 0.15) is 0 Å². The smallest absolute Gasteiger partial charge is 0.338 e. The van der Waals surface area contributed by atoms with Gasteiger partial charge >= 0.3 is 5.97 Å². The molecule has 5 nitrogen and oxygen atoms in total. The Balaban J connectivity index is 4.42. The molecule has 0 saturated heterocycles. The fraction of sp³-hybridized carbons (Fsp3) is 0.800. The van der Waals surface area contributed by atoms with E-state index in [1.165, 1.54) is 0 Å². The van der Waals surface area contributed by atoms with Gasteiger partial charge in [0.15, 0.2) is 6.29 Å². The molecule has 0 aliphatic carbocycles. The minimum atomic E-state index is -0.764. The largest absolute Gasteiger partial charge is 0.462 e. The highest BCUT2D eigenvalue weighted by atomic mass is 16.7. The molecule has 0 aliphatic rings. The summed E-state index contributed by atoms with van der Waals surface area (Å²) >= 11 is 0. The van der Waals surface area contributed by atoms with Crippen molar-refractivity contribution in [3.8, 4) is 0 Å². The third-order valence-corrected chi connectivity index (χ3v) is 2.52. The van der Waals surface area contributed by atoms with Gasteiger partial charge in [0.05, 0.1) is 18.8 Å². The van der Waals surface area contributed by atoms with Crippen LogP contribution >= 0.6 is 0 Å². The standard InChI is InChI=1S/C15H28O5/c1-6-8-18-14(19-9-7-2)12(3)13(17)20-11-15(4,5)10-16/h14,16H,3,6-11H2,1-2,4-5H3. The van der Waals surface area contributed by atoms with E-state index in [0.717, 1.165) is 12.8 Å². The highest BCUT2D eigenvalue weighted by Gasteiger charge is 2.24. The van der Waals surface area contributed by atoms with E-state index in [4.69, 9.17) is 19.3 Å². The Morgan fingerprint density at radius 1 is 1.20 bits per heavy atom. The van der Waals surface area contributed by atoms with E-state index in [-0.39, 0.29) is 18.8 Å². The maximum absolute atomic E-state index is 11.9. The molecule has 1 N–H and O–H groups in total. The number of aliphatic hydroxyl groups is 1. The van der Waals surface area contributed by atoms with Crippen molar-refractivity contribution in [3.05, 3.63) is 12.2 Å². The summed E-state index contributed by atoms with van der Waals surface area (Å²) in [5.41, 5.74) is -0.319. The molecule has 0 aliphatic heterocycles. The maximum Gasteiger partial charge on any atom is 0.338 e. The number of hydrogen-bond donors (Lipinski definition) is 1. The molecule has 0 aromatic rings. The van der Waals surface area contributed by atoms with Gasteiger partial charge in [0, 0.05) is 18.6 Å². The van der Waals surface area contributed by atoms with Gasteiger partial charge in [0.2, 0.25) is 0 Å². The summed E-state index contributed by atoms with van der Waals surface area (Å²) in [6.45, 7) is 12.3. The van der Waals surface area contributed by atoms with Crippen LogP contribution in [0.2, 0.25) is 0 Å². The van der Waals surface area contributed by atoms with Crippen LogP contribution in [0, 0.1) is 5.41 Å². The van der Waals surface area contributed by atoms with Crippen molar-refractivity contribution in [2.24, 2.45) is 5.41 Å². The lowest BCUT2D eigenvalue weighted by molar-refractivity contribution is -0.155. The second-order valence-corrected chi connectivity index (χ2v) is 5.50. The average molecular weight is 288 g/mol. The first-order valence-electron chi connectivity index (χ1n) is 7.08. The van der Waals surface area contributed by atoms with Crippen LogP contribution in [0.3, 0.4) is 0 Å². The number of carbonyl (C=O) groups is 1. The van der Waals surface area contributed by atoms with Crippen LogP contribution in [0.15, 0.2) is 12.2 Å². The Hall–Kier alpha value is -0.910. The Bertz CT molecular complexity index is 291. The summed E-state index contributed by atoms with van der Waals surface area (Å²) in [4.78, 5) is 11.9. The first kappa shape index (κ1) is 19.1. The van der Waals surface area contributed by atoms with Crippen molar-refractivity contribution >= 4 is 5.97 Å². The SMILES string of the molecule is C=C(C(=O)OCC(C)(C)CO)C(OCCC)OCCC. The summed E-state index contributed by atoms with van der Waals surface area (Å²) in [7, 11) is 0. The van der Waals surface area contributed by atoms with Gasteiger partial charge in [-0.05, 0) is 12.8 Å². The topological polar surface area (TPSA) is 65.0 Å². The third-order valence-electron chi connectivity index (χ3n) is 2.52. The molecule has 0 bridgehead atoms. The van der Waals surface area contributed by atoms with Crippen molar-refractivity contribution in [1.29, 1.82) is 0 Å². The van der Waals surface area contributed by atoms with E-state index in [1.807, 2.05) is 27.7 Å². The molecule has 0 heterocycles. The van der Waals surface area contributed by atoms with E-state index in [9.17, 15) is 4.79 Å². The quantitative estimate of drug-likeness (QED) is 0.359. The zero-order valence-electron chi connectivity index (χ0n) is 13.1. The lowest BCUT2D eigenvalue weighted by Gasteiger charge is -2.23. The third kappa shape index (κ3) is 7.62. The molecule has 5 heteroatoms. The van der Waals surface area contributed by atoms with E-state index >= 15 is 0 Å². The number of esters is 1. The maximum atomic E-state index is 11.9. The van der Waals surface area contributed by atoms with E-state index in [1.54, 1.807) is 0 Å². The highest BCUT2D eigenvalue weighted by Crippen LogP contribution is 2.16. The van der Waals surface area contributed by atoms with Crippen molar-refractivity contribution in [3.63, 3.8) is 0 Å². The van der Waals surface area contributed by atoms with Crippen LogP contribution in [0.5, 0.6) is 0 Å². The zero-order valence-corrected chi connectivity index (χ0v) is 13.1. The molecule has 20 heavy (non-hydrogen) atoms. The second-order valence-electron chi connectivity index (χ2n) is 5.50. The normalized spacial score (nSPS) is 11.7. The number of hydrogen-bond acceptors (Lipinski definition) is 5. The first-order valence-corrected chi connectivity index (χ1v) is 7.08. The Morgan fingerprint density at radius 3 is 2.10 bits per heavy atom. The fourth-order valence-electron chi connectivity index (χ4n) is 1.19. The summed E-state index contributed by atoms with van der Waals surface area (Å²) in [5.74, 6) is -0.552. The number of carbonyl (C=O) groups excluding carboxylic acids is 1. The number of aliphatic hydroxyl groups excluding tert-OH is 1. The predicted octanol–water partition coefficient (Wildman–Crippen LogP) is 2.28. The summed E-state index contributed by atoms with van der Waals surface area (Å²) in [6, 6.07) is 0. The van der Waals surface area contributed by atoms with Gasteiger partial charge in [-0.25, -0.2) is 4.79 Å². The Kier molecular flexibility index (Phi) is 9.46. The Labute approximate surface area is 121 Å². The van der Waals surface area contributed by atoms with Crippen molar-refractivity contribution in [2.45, 2.75) is 46.8 Å². The van der Waals surface area contributed by atoms with Gasteiger partial charge in [-0.3, -0.25) is 0 Å². The average Bonchev–Trinajstić information content (AvgIpc) is 2.44. The molecule has 0 amide bonds. The predicted molar refractivity (Wildman–Crippen MR) is 77.2 cm³/mol. The molecule has 0 rings (SSSR count). The molecular weight excluding hydrogens is 260 g/mol. The van der Waals surface area contributed by atoms with Gasteiger partial charge in [-0.15, -0.1) is 0 Å². The highest BCUT2D eigenvalue weighted by molar-refractivity contribution is 5.88. The fourth-order valence-corrected chi connectivity index (χ4v) is 1.19. The van der Waals surface area contributed by atoms with Crippen LogP contribution in [0.4, 0.5) is 0 Å². The molecule has 118 valence electrons. The van der Waals surface area contributed by atoms with Crippen LogP contribution in [0.25, 0.3) is 0 Å². The summed E-state index contributed by atoms with van der Waals surface area (Å²) in [6.07, 6.45) is 0.886. The van der Waals surface area contributed by atoms with Gasteiger partial charge in [-0.2, -0.15) is 0 Å². The van der Waals surface area contributed by atoms with Crippen molar-refractivity contribution < 1.29 is 24.1 Å². The van der Waals surface area contributed by atoms with Crippen LogP contribution < -0.4 is 0 Å². The summed E-state index contributed by atoms with van der Waals surface area (Å²) in [5, 5.41) is 9.12. The van der Waals surface area contributed by atoms with Crippen molar-refractivity contribution in [1.82, 2.24) is 0 Å². The summed E-state index contributed by atoms with van der Waals surface area (Å²) < 4.78 is 16.1. The van der Waals surface area contributed by atoms with Gasteiger partial charge in [-0.1, -0.05) is 34.3 Å². The zero-order chi connectivity index (χ0) is 15.6. The lowest BCUT2D eigenvalue weighted by Crippen LogP contribution is -2.30. The minimum absolute atomic E-state index is 0.0607. The van der Waals surface area contributed by atoms with Crippen LogP contribution in [-0.2, 0) is 19.0 Å². The van der Waals surface area contributed by atoms with Gasteiger partial charge in [0.25, 0.3) is 0 Å². The van der Waals surface area contributed by atoms with Crippen molar-refractivity contribution in [2.75, 3.05) is 26.4 Å². The number of rotatable bonds is 11. The molecule has 0 saturated carbocycles. The molecular formula is C15H28O5. The van der Waals surface area contributed by atoms with Crippen LogP contribution in [0.1, 0.15) is 40.5 Å². The number of ether oxygens (including phenoxy) is 3. The molecule has 0 spiro atoms. The molecule has 0 unspecified atom stereocenters. The Morgan fingerprint density at radius 2 is 1.70 bits per heavy atom. The molecule has 0 aromatic heterocycles. The first-order chi connectivity index (χ1) is 9.37. The van der Waals surface area contributed by atoms with E-state index < -0.39 is 17.7 Å². The molecule has 0 atom stereocenters. The van der Waals surface area contributed by atoms with E-state index in [2.05, 4.69) is 6.58 Å². The molecule has 0 fully saturated rings. The second kappa shape index (κ2) is 9.91. The monoisotopic (exact) mass is 288 g/mol. The van der Waals surface area contributed by atoms with Crippen LogP contribution in [-0.4, -0.2) is 43.8 Å².